The minimum absolute atomic E-state index is 0.0626. The Morgan fingerprint density at radius 3 is 2.48 bits per heavy atom. The van der Waals surface area contributed by atoms with E-state index in [4.69, 9.17) is 4.52 Å². The number of rotatable bonds is 5. The lowest BCUT2D eigenvalue weighted by molar-refractivity contribution is -0.115. The number of piperidine rings is 1. The molecule has 6 rings (SSSR count). The van der Waals surface area contributed by atoms with Gasteiger partial charge in [-0.2, -0.15) is 0 Å². The van der Waals surface area contributed by atoms with Gasteiger partial charge in [-0.15, -0.1) is 0 Å². The highest BCUT2D eigenvalue weighted by molar-refractivity contribution is 6.07. The molecular formula is C32H31FN4O3. The predicted molar refractivity (Wildman–Crippen MR) is 151 cm³/mol. The van der Waals surface area contributed by atoms with Crippen molar-refractivity contribution >= 4 is 23.2 Å². The van der Waals surface area contributed by atoms with Crippen LogP contribution in [0.2, 0.25) is 0 Å². The smallest absolute Gasteiger partial charge is 0.256 e. The molecular weight excluding hydrogens is 507 g/mol. The Bertz CT molecular complexity index is 1570. The van der Waals surface area contributed by atoms with Crippen LogP contribution in [0, 0.1) is 19.7 Å². The highest BCUT2D eigenvalue weighted by atomic mass is 19.1. The molecule has 0 spiro atoms. The van der Waals surface area contributed by atoms with Crippen LogP contribution in [0.1, 0.15) is 68.9 Å². The van der Waals surface area contributed by atoms with Gasteiger partial charge in [-0.1, -0.05) is 47.6 Å². The van der Waals surface area contributed by atoms with E-state index in [0.717, 1.165) is 48.3 Å². The fourth-order valence-corrected chi connectivity index (χ4v) is 6.07. The van der Waals surface area contributed by atoms with E-state index in [0.29, 0.717) is 28.3 Å². The highest BCUT2D eigenvalue weighted by Gasteiger charge is 2.34. The molecule has 3 aromatic carbocycles. The number of benzene rings is 3. The first-order chi connectivity index (χ1) is 19.4. The highest BCUT2D eigenvalue weighted by Crippen LogP contribution is 2.41. The average molecular weight is 539 g/mol. The summed E-state index contributed by atoms with van der Waals surface area (Å²) >= 11 is 0. The fraction of sp³-hybridized carbons (Fsp3) is 0.281. The number of fused-ring (bicyclic) bond motifs is 2. The molecule has 7 nitrogen and oxygen atoms in total. The molecule has 4 aromatic rings. The quantitative estimate of drug-likeness (QED) is 0.318. The Kier molecular flexibility index (Phi) is 6.94. The second kappa shape index (κ2) is 10.7. The first-order valence-corrected chi connectivity index (χ1v) is 13.6. The zero-order valence-electron chi connectivity index (χ0n) is 22.5. The number of halogens is 1. The van der Waals surface area contributed by atoms with Crippen molar-refractivity contribution in [2.75, 3.05) is 23.7 Å². The minimum Gasteiger partial charge on any atom is -0.361 e. The van der Waals surface area contributed by atoms with Gasteiger partial charge in [-0.05, 0) is 86.7 Å². The predicted octanol–water partition coefficient (Wildman–Crippen LogP) is 6.15. The molecule has 2 N–H and O–H groups in total. The maximum absolute atomic E-state index is 15.3. The summed E-state index contributed by atoms with van der Waals surface area (Å²) in [7, 11) is 0. The Hall–Kier alpha value is -4.30. The summed E-state index contributed by atoms with van der Waals surface area (Å²) in [5.74, 6) is 0.0280. The van der Waals surface area contributed by atoms with E-state index in [-0.39, 0.29) is 36.0 Å². The first-order valence-electron chi connectivity index (χ1n) is 13.6. The van der Waals surface area contributed by atoms with Crippen molar-refractivity contribution < 1.29 is 18.5 Å². The largest absolute Gasteiger partial charge is 0.361 e. The number of hydrogen-bond acceptors (Lipinski definition) is 5. The summed E-state index contributed by atoms with van der Waals surface area (Å²) in [4.78, 5) is 27.9. The Balaban J connectivity index is 1.16. The van der Waals surface area contributed by atoms with E-state index >= 15 is 4.39 Å². The second-order valence-corrected chi connectivity index (χ2v) is 10.6. The molecule has 2 amide bonds. The molecule has 0 bridgehead atoms. The van der Waals surface area contributed by atoms with Crippen LogP contribution in [0.15, 0.2) is 71.3 Å². The third kappa shape index (κ3) is 4.91. The molecule has 2 aliphatic heterocycles. The number of nitrogens with zero attached hydrogens (tertiary/aromatic N) is 2. The summed E-state index contributed by atoms with van der Waals surface area (Å²) < 4.78 is 20.4. The Labute approximate surface area is 232 Å². The van der Waals surface area contributed by atoms with Gasteiger partial charge in [0, 0.05) is 22.5 Å². The molecule has 1 saturated heterocycles. The van der Waals surface area contributed by atoms with Crippen LogP contribution in [0.3, 0.4) is 0 Å². The van der Waals surface area contributed by atoms with Crippen molar-refractivity contribution in [3.8, 4) is 0 Å². The standard InChI is InChI=1S/C32H31FN4O3/c1-19-27(20(2)40-36-19)18-30(38)34-22-11-12-23(28(33)17-22)21-13-15-37(16-14-21)31-24-7-3-4-8-25(24)32(39)35-29-10-6-5-9-26(29)31/h3-12,17,21,31H,13-16,18H2,1-2H3,(H,34,38)(H,35,39). The Morgan fingerprint density at radius 1 is 1.02 bits per heavy atom. The molecule has 0 aliphatic carbocycles. The van der Waals surface area contributed by atoms with Crippen LogP contribution >= 0.6 is 0 Å². The van der Waals surface area contributed by atoms with E-state index in [9.17, 15) is 9.59 Å². The number of carbonyl (C=O) groups is 2. The van der Waals surface area contributed by atoms with Crippen LogP contribution in [0.25, 0.3) is 0 Å². The van der Waals surface area contributed by atoms with Gasteiger partial charge in [-0.3, -0.25) is 14.5 Å². The van der Waals surface area contributed by atoms with Crippen LogP contribution in [-0.2, 0) is 11.2 Å². The lowest BCUT2D eigenvalue weighted by Gasteiger charge is -2.38. The lowest BCUT2D eigenvalue weighted by Crippen LogP contribution is -2.37. The number of para-hydroxylation sites is 1. The van der Waals surface area contributed by atoms with Gasteiger partial charge >= 0.3 is 0 Å². The molecule has 8 heteroatoms. The van der Waals surface area contributed by atoms with Crippen molar-refractivity contribution in [1.82, 2.24) is 10.1 Å². The third-order valence-corrected chi connectivity index (χ3v) is 8.14. The molecule has 0 radical (unpaired) electrons. The van der Waals surface area contributed by atoms with Gasteiger partial charge in [0.1, 0.15) is 11.6 Å². The summed E-state index contributed by atoms with van der Waals surface area (Å²) in [6, 6.07) is 20.6. The summed E-state index contributed by atoms with van der Waals surface area (Å²) in [5, 5.41) is 9.75. The summed E-state index contributed by atoms with van der Waals surface area (Å²) in [5.41, 5.74) is 6.10. The number of hydrogen-bond donors (Lipinski definition) is 2. The topological polar surface area (TPSA) is 87.5 Å². The Morgan fingerprint density at radius 2 is 1.75 bits per heavy atom. The second-order valence-electron chi connectivity index (χ2n) is 10.6. The van der Waals surface area contributed by atoms with E-state index in [2.05, 4.69) is 26.8 Å². The molecule has 1 aromatic heterocycles. The van der Waals surface area contributed by atoms with E-state index < -0.39 is 0 Å². The van der Waals surface area contributed by atoms with Crippen LogP contribution in [-0.4, -0.2) is 35.0 Å². The van der Waals surface area contributed by atoms with Gasteiger partial charge in [0.15, 0.2) is 0 Å². The molecule has 0 saturated carbocycles. The van der Waals surface area contributed by atoms with Gasteiger partial charge in [0.25, 0.3) is 5.91 Å². The minimum atomic E-state index is -0.312. The van der Waals surface area contributed by atoms with Crippen molar-refractivity contribution in [1.29, 1.82) is 0 Å². The summed E-state index contributed by atoms with van der Waals surface area (Å²) in [6.45, 7) is 5.10. The maximum atomic E-state index is 15.3. The van der Waals surface area contributed by atoms with Crippen molar-refractivity contribution in [2.24, 2.45) is 0 Å². The van der Waals surface area contributed by atoms with E-state index in [1.807, 2.05) is 42.5 Å². The van der Waals surface area contributed by atoms with Crippen LogP contribution in [0.5, 0.6) is 0 Å². The normalized spacial score (nSPS) is 17.5. The first kappa shape index (κ1) is 26.0. The van der Waals surface area contributed by atoms with Crippen LogP contribution < -0.4 is 10.6 Å². The van der Waals surface area contributed by atoms with Crippen molar-refractivity contribution in [2.45, 2.75) is 45.1 Å². The SMILES string of the molecule is Cc1noc(C)c1CC(=O)Nc1ccc(C2CCN(C3c4ccccc4NC(=O)c4ccccc43)CC2)c(F)c1. The third-order valence-electron chi connectivity index (χ3n) is 8.14. The molecule has 1 unspecified atom stereocenters. The number of carbonyl (C=O) groups excluding carboxylic acids is 2. The maximum Gasteiger partial charge on any atom is 0.256 e. The molecule has 1 atom stereocenters. The number of likely N-dealkylation sites (tertiary alicyclic amines) is 1. The zero-order chi connectivity index (χ0) is 27.8. The van der Waals surface area contributed by atoms with E-state index in [1.54, 1.807) is 26.0 Å². The zero-order valence-corrected chi connectivity index (χ0v) is 22.5. The monoisotopic (exact) mass is 538 g/mol. The molecule has 204 valence electrons. The number of aryl methyl sites for hydroxylation is 2. The number of aromatic nitrogens is 1. The number of anilines is 2. The molecule has 3 heterocycles. The van der Waals surface area contributed by atoms with Crippen LogP contribution in [0.4, 0.5) is 15.8 Å². The lowest BCUT2D eigenvalue weighted by atomic mass is 9.86. The molecule has 2 aliphatic rings. The van der Waals surface area contributed by atoms with Gasteiger partial charge < -0.3 is 15.2 Å². The average Bonchev–Trinajstić information content (AvgIpc) is 3.20. The number of nitrogens with one attached hydrogen (secondary N) is 2. The fourth-order valence-electron chi connectivity index (χ4n) is 6.07. The van der Waals surface area contributed by atoms with Gasteiger partial charge in [0.2, 0.25) is 5.91 Å². The van der Waals surface area contributed by atoms with Crippen molar-refractivity contribution in [3.63, 3.8) is 0 Å². The van der Waals surface area contributed by atoms with Gasteiger partial charge in [0.05, 0.1) is 18.2 Å². The summed E-state index contributed by atoms with van der Waals surface area (Å²) in [6.07, 6.45) is 1.70. The number of amides is 2. The van der Waals surface area contributed by atoms with Crippen molar-refractivity contribution in [3.05, 3.63) is 112 Å². The van der Waals surface area contributed by atoms with Gasteiger partial charge in [-0.25, -0.2) is 4.39 Å². The van der Waals surface area contributed by atoms with E-state index in [1.165, 1.54) is 6.07 Å². The molecule has 40 heavy (non-hydrogen) atoms. The molecule has 1 fully saturated rings.